The van der Waals surface area contributed by atoms with E-state index >= 15 is 0 Å². The summed E-state index contributed by atoms with van der Waals surface area (Å²) < 4.78 is 28.5. The molecule has 2 N–H and O–H groups in total. The zero-order valence-corrected chi connectivity index (χ0v) is 15.0. The van der Waals surface area contributed by atoms with Crippen LogP contribution in [0.4, 0.5) is 19.3 Å². The molecular weight excluding hydrogens is 352 g/mol. The second kappa shape index (κ2) is 9.32. The van der Waals surface area contributed by atoms with E-state index in [1.165, 1.54) is 42.7 Å². The van der Waals surface area contributed by atoms with Crippen molar-refractivity contribution < 1.29 is 18.3 Å². The van der Waals surface area contributed by atoms with Crippen molar-refractivity contribution in [2.45, 2.75) is 32.5 Å². The standard InChI is InChI=1S/C20H23F2N3O2/c21-19(22)27-18-8-6-17(7-9-18)24-20(26)23-13-15-4-3-5-16(12-15)14-25-10-1-2-11-25/h3-9,12,19H,1-2,10-11,13-14H2,(H2,23,24,26). The molecule has 0 saturated carbocycles. The predicted molar refractivity (Wildman–Crippen MR) is 99.9 cm³/mol. The number of anilines is 1. The molecule has 1 saturated heterocycles. The first-order valence-electron chi connectivity index (χ1n) is 8.98. The van der Waals surface area contributed by atoms with E-state index in [0.29, 0.717) is 12.2 Å². The van der Waals surface area contributed by atoms with Crippen molar-refractivity contribution in [1.29, 1.82) is 0 Å². The minimum absolute atomic E-state index is 0.0470. The number of nitrogens with zero attached hydrogens (tertiary/aromatic N) is 1. The average Bonchev–Trinajstić information content (AvgIpc) is 3.15. The number of rotatable bonds is 7. The van der Waals surface area contributed by atoms with E-state index in [9.17, 15) is 13.6 Å². The topological polar surface area (TPSA) is 53.6 Å². The van der Waals surface area contributed by atoms with Crippen molar-refractivity contribution in [3.8, 4) is 5.75 Å². The highest BCUT2D eigenvalue weighted by Gasteiger charge is 2.12. The van der Waals surface area contributed by atoms with Gasteiger partial charge in [0.05, 0.1) is 0 Å². The SMILES string of the molecule is O=C(NCc1cccc(CN2CCCC2)c1)Nc1ccc(OC(F)F)cc1. The molecule has 0 unspecified atom stereocenters. The van der Waals surface area contributed by atoms with Gasteiger partial charge < -0.3 is 15.4 Å². The van der Waals surface area contributed by atoms with Crippen LogP contribution in [-0.4, -0.2) is 30.6 Å². The molecule has 2 amide bonds. The van der Waals surface area contributed by atoms with E-state index in [-0.39, 0.29) is 11.8 Å². The van der Waals surface area contributed by atoms with Gasteiger partial charge in [0.25, 0.3) is 0 Å². The maximum Gasteiger partial charge on any atom is 0.387 e. The summed E-state index contributed by atoms with van der Waals surface area (Å²) in [5, 5.41) is 5.46. The van der Waals surface area contributed by atoms with E-state index < -0.39 is 6.61 Å². The largest absolute Gasteiger partial charge is 0.435 e. The third kappa shape index (κ3) is 6.21. The highest BCUT2D eigenvalue weighted by molar-refractivity contribution is 5.89. The van der Waals surface area contributed by atoms with Crippen molar-refractivity contribution in [3.05, 3.63) is 59.7 Å². The number of ether oxygens (including phenoxy) is 1. The molecule has 2 aromatic carbocycles. The van der Waals surface area contributed by atoms with Gasteiger partial charge in [-0.3, -0.25) is 4.90 Å². The van der Waals surface area contributed by atoms with Gasteiger partial charge in [0, 0.05) is 18.8 Å². The first-order chi connectivity index (χ1) is 13.1. The lowest BCUT2D eigenvalue weighted by Crippen LogP contribution is -2.28. The maximum absolute atomic E-state index is 12.1. The summed E-state index contributed by atoms with van der Waals surface area (Å²) in [6.45, 7) is 0.769. The van der Waals surface area contributed by atoms with E-state index in [1.807, 2.05) is 12.1 Å². The van der Waals surface area contributed by atoms with Crippen LogP contribution in [0.1, 0.15) is 24.0 Å². The predicted octanol–water partition coefficient (Wildman–Crippen LogP) is 4.21. The first kappa shape index (κ1) is 19.1. The molecule has 5 nitrogen and oxygen atoms in total. The van der Waals surface area contributed by atoms with Crippen LogP contribution in [0.2, 0.25) is 0 Å². The number of benzene rings is 2. The zero-order chi connectivity index (χ0) is 19.1. The van der Waals surface area contributed by atoms with Gasteiger partial charge in [0.15, 0.2) is 0 Å². The Morgan fingerprint density at radius 3 is 2.48 bits per heavy atom. The Morgan fingerprint density at radius 1 is 1.07 bits per heavy atom. The number of likely N-dealkylation sites (tertiary alicyclic amines) is 1. The van der Waals surface area contributed by atoms with Gasteiger partial charge >= 0.3 is 12.6 Å². The summed E-state index contributed by atoms with van der Waals surface area (Å²) in [5.41, 5.74) is 2.77. The lowest BCUT2D eigenvalue weighted by atomic mass is 10.1. The Kier molecular flexibility index (Phi) is 6.59. The number of amides is 2. The van der Waals surface area contributed by atoms with E-state index in [0.717, 1.165) is 25.2 Å². The van der Waals surface area contributed by atoms with Gasteiger partial charge in [-0.15, -0.1) is 0 Å². The van der Waals surface area contributed by atoms with Crippen molar-refractivity contribution in [2.24, 2.45) is 0 Å². The third-order valence-corrected chi connectivity index (χ3v) is 4.39. The Labute approximate surface area is 157 Å². The van der Waals surface area contributed by atoms with Gasteiger partial charge in [-0.05, 0) is 61.3 Å². The molecule has 0 spiro atoms. The van der Waals surface area contributed by atoms with Gasteiger partial charge in [0.1, 0.15) is 5.75 Å². The maximum atomic E-state index is 12.1. The van der Waals surface area contributed by atoms with Crippen molar-refractivity contribution >= 4 is 11.7 Å². The fraction of sp³-hybridized carbons (Fsp3) is 0.350. The fourth-order valence-corrected chi connectivity index (χ4v) is 3.11. The highest BCUT2D eigenvalue weighted by atomic mass is 19.3. The van der Waals surface area contributed by atoms with Crippen LogP contribution in [-0.2, 0) is 13.1 Å². The minimum atomic E-state index is -2.87. The van der Waals surface area contributed by atoms with Gasteiger partial charge in [-0.25, -0.2) is 4.79 Å². The minimum Gasteiger partial charge on any atom is -0.435 e. The molecule has 0 radical (unpaired) electrons. The molecule has 0 atom stereocenters. The zero-order valence-electron chi connectivity index (χ0n) is 15.0. The summed E-state index contributed by atoms with van der Waals surface area (Å²) in [5.74, 6) is 0.0470. The molecule has 144 valence electrons. The van der Waals surface area contributed by atoms with Crippen LogP contribution in [0.15, 0.2) is 48.5 Å². The van der Waals surface area contributed by atoms with Crippen molar-refractivity contribution in [2.75, 3.05) is 18.4 Å². The van der Waals surface area contributed by atoms with Crippen molar-refractivity contribution in [3.63, 3.8) is 0 Å². The molecule has 1 heterocycles. The van der Waals surface area contributed by atoms with E-state index in [4.69, 9.17) is 0 Å². The van der Waals surface area contributed by atoms with Crippen LogP contribution in [0.5, 0.6) is 5.75 Å². The number of hydrogen-bond donors (Lipinski definition) is 2. The monoisotopic (exact) mass is 375 g/mol. The summed E-state index contributed by atoms with van der Waals surface area (Å²) >= 11 is 0. The Balaban J connectivity index is 1.47. The molecule has 3 rings (SSSR count). The second-order valence-corrected chi connectivity index (χ2v) is 6.51. The molecule has 1 aliphatic heterocycles. The van der Waals surface area contributed by atoms with E-state index in [2.05, 4.69) is 32.4 Å². The normalized spacial score (nSPS) is 14.3. The van der Waals surface area contributed by atoms with Gasteiger partial charge in [-0.1, -0.05) is 24.3 Å². The molecule has 7 heteroatoms. The van der Waals surface area contributed by atoms with Crippen LogP contribution in [0.3, 0.4) is 0 Å². The number of nitrogens with one attached hydrogen (secondary N) is 2. The second-order valence-electron chi connectivity index (χ2n) is 6.51. The number of halogens is 2. The fourth-order valence-electron chi connectivity index (χ4n) is 3.11. The van der Waals surface area contributed by atoms with Gasteiger partial charge in [0.2, 0.25) is 0 Å². The Morgan fingerprint density at radius 2 is 1.78 bits per heavy atom. The van der Waals surface area contributed by atoms with Crippen LogP contribution in [0.25, 0.3) is 0 Å². The molecule has 0 aliphatic carbocycles. The molecule has 1 aliphatic rings. The number of urea groups is 1. The number of hydrogen-bond acceptors (Lipinski definition) is 3. The quantitative estimate of drug-likeness (QED) is 0.762. The highest BCUT2D eigenvalue weighted by Crippen LogP contribution is 2.18. The lowest BCUT2D eigenvalue weighted by molar-refractivity contribution is -0.0498. The van der Waals surface area contributed by atoms with Crippen molar-refractivity contribution in [1.82, 2.24) is 10.2 Å². The molecule has 0 aromatic heterocycles. The van der Waals surface area contributed by atoms with E-state index in [1.54, 1.807) is 0 Å². The Bertz CT molecular complexity index is 747. The molecule has 1 fully saturated rings. The Hall–Kier alpha value is -2.67. The average molecular weight is 375 g/mol. The van der Waals surface area contributed by atoms with Crippen LogP contribution >= 0.6 is 0 Å². The number of carbonyl (C=O) groups excluding carboxylic acids is 1. The van der Waals surface area contributed by atoms with Crippen LogP contribution < -0.4 is 15.4 Å². The molecule has 0 bridgehead atoms. The van der Waals surface area contributed by atoms with Gasteiger partial charge in [-0.2, -0.15) is 8.78 Å². The summed E-state index contributed by atoms with van der Waals surface area (Å²) in [7, 11) is 0. The molecule has 2 aromatic rings. The third-order valence-electron chi connectivity index (χ3n) is 4.39. The molecule has 27 heavy (non-hydrogen) atoms. The number of carbonyl (C=O) groups is 1. The summed E-state index contributed by atoms with van der Waals surface area (Å²) in [4.78, 5) is 14.5. The number of alkyl halides is 2. The smallest absolute Gasteiger partial charge is 0.387 e. The summed E-state index contributed by atoms with van der Waals surface area (Å²) in [6.07, 6.45) is 2.52. The first-order valence-corrected chi connectivity index (χ1v) is 8.98. The lowest BCUT2D eigenvalue weighted by Gasteiger charge is -2.15. The van der Waals surface area contributed by atoms with Crippen LogP contribution in [0, 0.1) is 0 Å². The molecular formula is C20H23F2N3O2. The summed E-state index contributed by atoms with van der Waals surface area (Å²) in [6, 6.07) is 13.6.